The van der Waals surface area contributed by atoms with Gasteiger partial charge in [-0.2, -0.15) is 0 Å². The van der Waals surface area contributed by atoms with Gasteiger partial charge in [-0.05, 0) is 6.92 Å². The molecule has 0 radical (unpaired) electrons. The molecule has 9 heavy (non-hydrogen) atoms. The lowest BCUT2D eigenvalue weighted by Crippen LogP contribution is -2.32. The zero-order valence-corrected chi connectivity index (χ0v) is 7.77. The third kappa shape index (κ3) is 2.82. The molecule has 1 N–H and O–H groups in total. The van der Waals surface area contributed by atoms with Crippen LogP contribution in [0.4, 0.5) is 0 Å². The number of alkyl halides is 1. The molecule has 1 aliphatic rings. The Morgan fingerprint density at radius 2 is 2.44 bits per heavy atom. The predicted molar refractivity (Wildman–Crippen MR) is 46.1 cm³/mol. The van der Waals surface area contributed by atoms with Crippen molar-refractivity contribution in [2.45, 2.75) is 10.3 Å². The summed E-state index contributed by atoms with van der Waals surface area (Å²) in [6.07, 6.45) is 0. The van der Waals surface area contributed by atoms with Gasteiger partial charge in [0.2, 0.25) is 0 Å². The second-order valence-electron chi connectivity index (χ2n) is 2.64. The van der Waals surface area contributed by atoms with Crippen molar-refractivity contribution in [3.8, 4) is 0 Å². The maximum absolute atomic E-state index is 5.34. The van der Waals surface area contributed by atoms with Gasteiger partial charge < -0.3 is 10.1 Å². The van der Waals surface area contributed by atoms with Crippen LogP contribution in [0.3, 0.4) is 0 Å². The lowest BCUT2D eigenvalue weighted by atomic mass is 10.2. The summed E-state index contributed by atoms with van der Waals surface area (Å²) in [6, 6.07) is 0. The summed E-state index contributed by atoms with van der Waals surface area (Å²) in [5, 5.41) is 3.30. The van der Waals surface area contributed by atoms with Crippen LogP contribution in [-0.2, 0) is 4.74 Å². The molecule has 0 saturated carbocycles. The van der Waals surface area contributed by atoms with E-state index in [1.165, 1.54) is 0 Å². The minimum Gasteiger partial charge on any atom is -0.379 e. The Kier molecular flexibility index (Phi) is 2.73. The lowest BCUT2D eigenvalue weighted by molar-refractivity contribution is 0.141. The molecular formula is C6H12INO. The highest BCUT2D eigenvalue weighted by molar-refractivity contribution is 14.1. The number of ether oxygens (including phenoxy) is 1. The lowest BCUT2D eigenvalue weighted by Gasteiger charge is -2.18. The van der Waals surface area contributed by atoms with Crippen LogP contribution in [0.5, 0.6) is 0 Å². The van der Waals surface area contributed by atoms with E-state index in [0.29, 0.717) is 3.42 Å². The molecule has 0 bridgehead atoms. The van der Waals surface area contributed by atoms with Gasteiger partial charge in [-0.25, -0.2) is 0 Å². The fraction of sp³-hybridized carbons (Fsp3) is 1.00. The molecule has 0 amide bonds. The summed E-state index contributed by atoms with van der Waals surface area (Å²) in [5.74, 6) is 0. The van der Waals surface area contributed by atoms with Gasteiger partial charge in [0.25, 0.3) is 0 Å². The first-order chi connectivity index (χ1) is 4.21. The Morgan fingerprint density at radius 3 is 3.22 bits per heavy atom. The molecule has 3 heteroatoms. The highest BCUT2D eigenvalue weighted by atomic mass is 127. The molecule has 1 fully saturated rings. The molecular weight excluding hydrogens is 229 g/mol. The SMILES string of the molecule is CC1(I)CNCCOC1. The van der Waals surface area contributed by atoms with Gasteiger partial charge in [0.05, 0.1) is 16.6 Å². The van der Waals surface area contributed by atoms with Gasteiger partial charge in [0, 0.05) is 13.1 Å². The molecule has 1 heterocycles. The fourth-order valence-electron chi connectivity index (χ4n) is 0.829. The first-order valence-electron chi connectivity index (χ1n) is 3.18. The van der Waals surface area contributed by atoms with Crippen molar-refractivity contribution in [1.29, 1.82) is 0 Å². The van der Waals surface area contributed by atoms with E-state index in [0.717, 1.165) is 26.3 Å². The highest BCUT2D eigenvalue weighted by Crippen LogP contribution is 2.17. The maximum atomic E-state index is 5.34. The fourth-order valence-corrected chi connectivity index (χ4v) is 1.32. The molecule has 1 aliphatic heterocycles. The van der Waals surface area contributed by atoms with Crippen LogP contribution in [-0.4, -0.2) is 29.7 Å². The van der Waals surface area contributed by atoms with Crippen LogP contribution in [0.1, 0.15) is 6.92 Å². The molecule has 0 aromatic rings. The number of hydrogen-bond donors (Lipinski definition) is 1. The molecule has 0 aromatic heterocycles. The number of halogens is 1. The number of nitrogens with one attached hydrogen (secondary N) is 1. The van der Waals surface area contributed by atoms with Crippen LogP contribution in [0.15, 0.2) is 0 Å². The van der Waals surface area contributed by atoms with Crippen molar-refractivity contribution in [3.63, 3.8) is 0 Å². The monoisotopic (exact) mass is 241 g/mol. The van der Waals surface area contributed by atoms with Crippen molar-refractivity contribution in [3.05, 3.63) is 0 Å². The van der Waals surface area contributed by atoms with E-state index in [2.05, 4.69) is 34.8 Å². The van der Waals surface area contributed by atoms with Crippen LogP contribution >= 0.6 is 22.6 Å². The van der Waals surface area contributed by atoms with E-state index in [9.17, 15) is 0 Å². The van der Waals surface area contributed by atoms with E-state index in [1.54, 1.807) is 0 Å². The second-order valence-corrected chi connectivity index (χ2v) is 5.25. The average molecular weight is 241 g/mol. The van der Waals surface area contributed by atoms with Gasteiger partial charge in [0.1, 0.15) is 0 Å². The van der Waals surface area contributed by atoms with E-state index < -0.39 is 0 Å². The minimum atomic E-state index is 0.300. The molecule has 1 saturated heterocycles. The average Bonchev–Trinajstić information content (AvgIpc) is 1.92. The van der Waals surface area contributed by atoms with Gasteiger partial charge in [0.15, 0.2) is 0 Å². The Balaban J connectivity index is 2.36. The minimum absolute atomic E-state index is 0.300. The topological polar surface area (TPSA) is 21.3 Å². The zero-order chi connectivity index (χ0) is 6.74. The summed E-state index contributed by atoms with van der Waals surface area (Å²) < 4.78 is 5.64. The molecule has 0 spiro atoms. The zero-order valence-electron chi connectivity index (χ0n) is 5.61. The summed E-state index contributed by atoms with van der Waals surface area (Å²) in [6.45, 7) is 6.00. The quantitative estimate of drug-likeness (QED) is 0.500. The van der Waals surface area contributed by atoms with Crippen molar-refractivity contribution in [2.75, 3.05) is 26.3 Å². The van der Waals surface area contributed by atoms with Crippen LogP contribution in [0.25, 0.3) is 0 Å². The predicted octanol–water partition coefficient (Wildman–Crippen LogP) is 0.800. The second kappa shape index (κ2) is 3.16. The molecule has 1 rings (SSSR count). The first kappa shape index (κ1) is 7.75. The first-order valence-corrected chi connectivity index (χ1v) is 4.26. The molecule has 0 aromatic carbocycles. The third-order valence-electron chi connectivity index (χ3n) is 1.32. The van der Waals surface area contributed by atoms with E-state index in [-0.39, 0.29) is 0 Å². The third-order valence-corrected chi connectivity index (χ3v) is 2.01. The van der Waals surface area contributed by atoms with Crippen LogP contribution < -0.4 is 5.32 Å². The molecule has 54 valence electrons. The van der Waals surface area contributed by atoms with Gasteiger partial charge in [-0.3, -0.25) is 0 Å². The van der Waals surface area contributed by atoms with E-state index in [4.69, 9.17) is 4.74 Å². The smallest absolute Gasteiger partial charge is 0.0622 e. The maximum Gasteiger partial charge on any atom is 0.0622 e. The molecule has 1 unspecified atom stereocenters. The number of hydrogen-bond acceptors (Lipinski definition) is 2. The van der Waals surface area contributed by atoms with Crippen molar-refractivity contribution in [1.82, 2.24) is 5.32 Å². The highest BCUT2D eigenvalue weighted by Gasteiger charge is 2.21. The molecule has 2 nitrogen and oxygen atoms in total. The standard InChI is InChI=1S/C6H12INO/c1-6(7)4-8-2-3-9-5-6/h8H,2-5H2,1H3. The van der Waals surface area contributed by atoms with Crippen molar-refractivity contribution in [2.24, 2.45) is 0 Å². The van der Waals surface area contributed by atoms with Gasteiger partial charge in [-0.15, -0.1) is 0 Å². The normalized spacial score (nSPS) is 38.0. The number of rotatable bonds is 0. The summed E-state index contributed by atoms with van der Waals surface area (Å²) in [4.78, 5) is 0. The Hall–Kier alpha value is 0.650. The largest absolute Gasteiger partial charge is 0.379 e. The summed E-state index contributed by atoms with van der Waals surface area (Å²) in [5.41, 5.74) is 0. The van der Waals surface area contributed by atoms with Crippen LogP contribution in [0.2, 0.25) is 0 Å². The Morgan fingerprint density at radius 1 is 1.67 bits per heavy atom. The van der Waals surface area contributed by atoms with Crippen molar-refractivity contribution < 1.29 is 4.74 Å². The van der Waals surface area contributed by atoms with Crippen LogP contribution in [0, 0.1) is 0 Å². The summed E-state index contributed by atoms with van der Waals surface area (Å²) >= 11 is 2.43. The Labute approximate surface area is 69.5 Å². The van der Waals surface area contributed by atoms with Gasteiger partial charge >= 0.3 is 0 Å². The Bertz CT molecular complexity index is 85.1. The molecule has 0 aliphatic carbocycles. The molecule has 1 atom stereocenters. The summed E-state index contributed by atoms with van der Waals surface area (Å²) in [7, 11) is 0. The van der Waals surface area contributed by atoms with E-state index in [1.807, 2.05) is 0 Å². The van der Waals surface area contributed by atoms with Gasteiger partial charge in [-0.1, -0.05) is 22.6 Å². The van der Waals surface area contributed by atoms with Crippen molar-refractivity contribution >= 4 is 22.6 Å². The van der Waals surface area contributed by atoms with E-state index >= 15 is 0 Å².